The molecule has 4 nitrogen and oxygen atoms in total. The number of hydrogen-bond donors (Lipinski definition) is 0. The van der Waals surface area contributed by atoms with Crippen LogP contribution in [0.4, 0.5) is 0 Å². The van der Waals surface area contributed by atoms with Gasteiger partial charge in [0.1, 0.15) is 0 Å². The van der Waals surface area contributed by atoms with Crippen LogP contribution in [0.1, 0.15) is 81.4 Å². The molecule has 2 aromatic carbocycles. The first-order valence-electron chi connectivity index (χ1n) is 12.4. The van der Waals surface area contributed by atoms with E-state index in [0.717, 1.165) is 11.8 Å². The Morgan fingerprint density at radius 2 is 0.935 bits per heavy atom. The van der Waals surface area contributed by atoms with Gasteiger partial charge in [0.25, 0.3) is 0 Å². The molecule has 0 spiro atoms. The topological polar surface area (TPSA) is 31.1 Å². The van der Waals surface area contributed by atoms with E-state index in [1.54, 1.807) is 0 Å². The smallest absolute Gasteiger partial charge is 0.180 e. The molecule has 2 aliphatic heterocycles. The van der Waals surface area contributed by atoms with E-state index in [9.17, 15) is 0 Å². The molecular weight excluding hydrogens is 384 g/mol. The standard InChI is InChI=1S/C27H34N2O2/c1-3-7-22(8-4-1)26-28(30-26)24-15-11-20(12-16-24)19-21-13-17-25(18-14-21)29-27(31-29)23-9-5-2-6-10-23/h1-10,20-21,24-27H,11-19H2. The van der Waals surface area contributed by atoms with E-state index in [-0.39, 0.29) is 12.5 Å². The van der Waals surface area contributed by atoms with Crippen molar-refractivity contribution < 1.29 is 9.68 Å². The number of benzene rings is 2. The van der Waals surface area contributed by atoms with E-state index >= 15 is 0 Å². The summed E-state index contributed by atoms with van der Waals surface area (Å²) in [5.41, 5.74) is 2.59. The maximum atomic E-state index is 5.93. The van der Waals surface area contributed by atoms with Crippen LogP contribution in [0.2, 0.25) is 0 Å². The highest BCUT2D eigenvalue weighted by molar-refractivity contribution is 5.20. The zero-order valence-corrected chi connectivity index (χ0v) is 18.3. The van der Waals surface area contributed by atoms with Gasteiger partial charge in [-0.3, -0.25) is 9.68 Å². The minimum Gasteiger partial charge on any atom is -0.270 e. The average molecular weight is 419 g/mol. The fourth-order valence-corrected chi connectivity index (χ4v) is 6.12. The summed E-state index contributed by atoms with van der Waals surface area (Å²) < 4.78 is 0. The van der Waals surface area contributed by atoms with Crippen molar-refractivity contribution in [3.63, 3.8) is 0 Å². The highest BCUT2D eigenvalue weighted by atomic mass is 16.8. The van der Waals surface area contributed by atoms with Crippen LogP contribution in [0.15, 0.2) is 60.7 Å². The van der Waals surface area contributed by atoms with Crippen LogP contribution in [0, 0.1) is 11.8 Å². The minimum absolute atomic E-state index is 0.206. The van der Waals surface area contributed by atoms with Gasteiger partial charge in [-0.05, 0) is 80.8 Å². The van der Waals surface area contributed by atoms with Gasteiger partial charge in [-0.15, -0.1) is 10.1 Å². The third-order valence-corrected chi connectivity index (χ3v) is 8.00. The van der Waals surface area contributed by atoms with Crippen molar-refractivity contribution in [2.45, 2.75) is 82.3 Å². The Bertz CT molecular complexity index is 773. The summed E-state index contributed by atoms with van der Waals surface area (Å²) in [6.45, 7) is 0. The summed E-state index contributed by atoms with van der Waals surface area (Å²) in [5.74, 6) is 1.84. The van der Waals surface area contributed by atoms with E-state index in [4.69, 9.17) is 9.68 Å². The van der Waals surface area contributed by atoms with Gasteiger partial charge >= 0.3 is 0 Å². The van der Waals surface area contributed by atoms with Crippen LogP contribution in [-0.4, -0.2) is 22.2 Å². The monoisotopic (exact) mass is 418 g/mol. The molecule has 0 aromatic heterocycles. The van der Waals surface area contributed by atoms with E-state index in [0.29, 0.717) is 12.1 Å². The van der Waals surface area contributed by atoms with Crippen LogP contribution in [0.5, 0.6) is 0 Å². The highest BCUT2D eigenvalue weighted by Crippen LogP contribution is 2.47. The predicted octanol–water partition coefficient (Wildman–Crippen LogP) is 6.39. The van der Waals surface area contributed by atoms with Crippen molar-refractivity contribution in [1.82, 2.24) is 10.1 Å². The molecule has 31 heavy (non-hydrogen) atoms. The fourth-order valence-electron chi connectivity index (χ4n) is 6.12. The largest absolute Gasteiger partial charge is 0.270 e. The Morgan fingerprint density at radius 1 is 0.548 bits per heavy atom. The molecule has 0 amide bonds. The Kier molecular flexibility index (Phi) is 5.57. The molecule has 4 unspecified atom stereocenters. The van der Waals surface area contributed by atoms with Crippen LogP contribution in [0.25, 0.3) is 0 Å². The second-order valence-corrected chi connectivity index (χ2v) is 10.0. The van der Waals surface area contributed by atoms with Crippen LogP contribution < -0.4 is 0 Å². The number of hydroxylamine groups is 4. The summed E-state index contributed by atoms with van der Waals surface area (Å²) in [6.07, 6.45) is 12.5. The van der Waals surface area contributed by atoms with Crippen molar-refractivity contribution in [2.75, 3.05) is 0 Å². The number of hydrogen-bond acceptors (Lipinski definition) is 4. The quantitative estimate of drug-likeness (QED) is 0.509. The second-order valence-electron chi connectivity index (χ2n) is 10.0. The van der Waals surface area contributed by atoms with Gasteiger partial charge in [0, 0.05) is 12.1 Å². The number of rotatable bonds is 6. The molecule has 2 saturated heterocycles. The lowest BCUT2D eigenvalue weighted by Crippen LogP contribution is -2.29. The van der Waals surface area contributed by atoms with E-state index in [1.807, 2.05) is 0 Å². The first kappa shape index (κ1) is 19.9. The molecule has 164 valence electrons. The van der Waals surface area contributed by atoms with Crippen LogP contribution in [-0.2, 0) is 9.68 Å². The molecular formula is C27H34N2O2. The molecule has 2 saturated carbocycles. The summed E-state index contributed by atoms with van der Waals surface area (Å²) in [5, 5.41) is 4.51. The van der Waals surface area contributed by atoms with Crippen molar-refractivity contribution in [3.05, 3.63) is 71.8 Å². The SMILES string of the molecule is c1ccc(C2ON2C2CCC(CC3CCC(N4OC4c4ccccc4)CC3)CC2)cc1. The van der Waals surface area contributed by atoms with E-state index in [1.165, 1.54) is 68.9 Å². The van der Waals surface area contributed by atoms with Crippen molar-refractivity contribution >= 4 is 0 Å². The van der Waals surface area contributed by atoms with Crippen molar-refractivity contribution in [3.8, 4) is 0 Å². The molecule has 2 aromatic rings. The lowest BCUT2D eigenvalue weighted by molar-refractivity contribution is 0.0855. The Balaban J connectivity index is 0.917. The van der Waals surface area contributed by atoms with E-state index in [2.05, 4.69) is 70.8 Å². The summed E-state index contributed by atoms with van der Waals surface area (Å²) in [7, 11) is 0. The molecule has 4 heteroatoms. The summed E-state index contributed by atoms with van der Waals surface area (Å²) >= 11 is 0. The number of nitrogens with zero attached hydrogens (tertiary/aromatic N) is 2. The minimum atomic E-state index is 0.206. The maximum Gasteiger partial charge on any atom is 0.180 e. The van der Waals surface area contributed by atoms with Crippen LogP contribution in [0.3, 0.4) is 0 Å². The van der Waals surface area contributed by atoms with Crippen molar-refractivity contribution in [1.29, 1.82) is 0 Å². The molecule has 4 aliphatic rings. The zero-order chi connectivity index (χ0) is 20.6. The van der Waals surface area contributed by atoms with Gasteiger partial charge in [0.05, 0.1) is 0 Å². The average Bonchev–Trinajstić information content (AvgIpc) is 3.76. The molecule has 4 fully saturated rings. The summed E-state index contributed by atoms with van der Waals surface area (Å²) in [4.78, 5) is 11.9. The second kappa shape index (κ2) is 8.67. The Morgan fingerprint density at radius 3 is 1.32 bits per heavy atom. The molecule has 6 rings (SSSR count). The van der Waals surface area contributed by atoms with Gasteiger partial charge in [0.2, 0.25) is 0 Å². The third-order valence-electron chi connectivity index (χ3n) is 8.00. The van der Waals surface area contributed by atoms with Gasteiger partial charge < -0.3 is 0 Å². The fraction of sp³-hybridized carbons (Fsp3) is 0.556. The first-order valence-corrected chi connectivity index (χ1v) is 12.4. The van der Waals surface area contributed by atoms with Gasteiger partial charge in [0.15, 0.2) is 12.5 Å². The van der Waals surface area contributed by atoms with Crippen molar-refractivity contribution in [2.24, 2.45) is 11.8 Å². The molecule has 4 atom stereocenters. The molecule has 0 bridgehead atoms. The Hall–Kier alpha value is -1.72. The van der Waals surface area contributed by atoms with Gasteiger partial charge in [-0.1, -0.05) is 60.7 Å². The molecule has 0 N–H and O–H groups in total. The lowest BCUT2D eigenvalue weighted by Gasteiger charge is -2.34. The maximum absolute atomic E-state index is 5.93. The Labute approximate surface area is 186 Å². The zero-order valence-electron chi connectivity index (χ0n) is 18.3. The third kappa shape index (κ3) is 4.45. The molecule has 2 heterocycles. The normalized spacial score (nSPS) is 39.7. The van der Waals surface area contributed by atoms with E-state index < -0.39 is 0 Å². The molecule has 0 radical (unpaired) electrons. The van der Waals surface area contributed by atoms with Crippen LogP contribution >= 0.6 is 0 Å². The lowest BCUT2D eigenvalue weighted by atomic mass is 9.75. The van der Waals surface area contributed by atoms with Gasteiger partial charge in [-0.2, -0.15) is 0 Å². The summed E-state index contributed by atoms with van der Waals surface area (Å²) in [6, 6.07) is 22.5. The van der Waals surface area contributed by atoms with Gasteiger partial charge in [-0.25, -0.2) is 0 Å². The predicted molar refractivity (Wildman–Crippen MR) is 120 cm³/mol. The molecule has 2 aliphatic carbocycles. The highest BCUT2D eigenvalue weighted by Gasteiger charge is 2.46. The first-order chi connectivity index (χ1) is 15.3.